The maximum atomic E-state index is 5.68. The lowest BCUT2D eigenvalue weighted by molar-refractivity contribution is 0.340. The van der Waals surface area contributed by atoms with Crippen LogP contribution in [0.2, 0.25) is 0 Å². The van der Waals surface area contributed by atoms with Crippen molar-refractivity contribution < 1.29 is 4.74 Å². The lowest BCUT2D eigenvalue weighted by Gasteiger charge is -2.07. The molecule has 0 bridgehead atoms. The van der Waals surface area contributed by atoms with Gasteiger partial charge in [-0.3, -0.25) is 0 Å². The van der Waals surface area contributed by atoms with E-state index in [1.807, 2.05) is 19.1 Å². The molecule has 3 N–H and O–H groups in total. The number of fused-ring (bicyclic) bond motifs is 1. The SMILES string of the molecule is CCOc1ccc(-c2[nH]c3c(C)cccc3c2CCCCN)cc1. The van der Waals surface area contributed by atoms with E-state index in [-0.39, 0.29) is 0 Å². The molecule has 0 fully saturated rings. The molecule has 0 atom stereocenters. The predicted octanol–water partition coefficient (Wildman–Crippen LogP) is 4.82. The summed E-state index contributed by atoms with van der Waals surface area (Å²) in [5, 5.41) is 1.33. The average Bonchev–Trinajstić information content (AvgIpc) is 2.96. The summed E-state index contributed by atoms with van der Waals surface area (Å²) in [4.78, 5) is 3.66. The molecule has 24 heavy (non-hydrogen) atoms. The van der Waals surface area contributed by atoms with Gasteiger partial charge in [0.2, 0.25) is 0 Å². The minimum absolute atomic E-state index is 0.690. The van der Waals surface area contributed by atoms with E-state index in [2.05, 4.69) is 42.2 Å². The van der Waals surface area contributed by atoms with Crippen LogP contribution in [-0.4, -0.2) is 18.1 Å². The number of aromatic amines is 1. The Morgan fingerprint density at radius 3 is 2.54 bits per heavy atom. The molecule has 3 rings (SSSR count). The van der Waals surface area contributed by atoms with Crippen LogP contribution >= 0.6 is 0 Å². The third kappa shape index (κ3) is 3.31. The minimum Gasteiger partial charge on any atom is -0.494 e. The maximum absolute atomic E-state index is 5.68. The summed E-state index contributed by atoms with van der Waals surface area (Å²) in [5.74, 6) is 0.915. The first-order valence-electron chi connectivity index (χ1n) is 8.78. The Labute approximate surface area is 143 Å². The van der Waals surface area contributed by atoms with Gasteiger partial charge in [-0.15, -0.1) is 0 Å². The summed E-state index contributed by atoms with van der Waals surface area (Å²) in [6, 6.07) is 14.9. The number of nitrogens with one attached hydrogen (secondary N) is 1. The van der Waals surface area contributed by atoms with E-state index in [0.717, 1.165) is 31.6 Å². The van der Waals surface area contributed by atoms with Crippen molar-refractivity contribution >= 4 is 10.9 Å². The van der Waals surface area contributed by atoms with E-state index in [9.17, 15) is 0 Å². The number of ether oxygens (including phenoxy) is 1. The Morgan fingerprint density at radius 1 is 1.04 bits per heavy atom. The van der Waals surface area contributed by atoms with Gasteiger partial charge in [-0.25, -0.2) is 0 Å². The summed E-state index contributed by atoms with van der Waals surface area (Å²) in [6.07, 6.45) is 3.21. The van der Waals surface area contributed by atoms with Crippen molar-refractivity contribution in [3.8, 4) is 17.0 Å². The van der Waals surface area contributed by atoms with E-state index in [1.165, 1.54) is 33.3 Å². The van der Waals surface area contributed by atoms with Crippen molar-refractivity contribution in [3.05, 3.63) is 53.6 Å². The fraction of sp³-hybridized carbons (Fsp3) is 0.333. The largest absolute Gasteiger partial charge is 0.494 e. The predicted molar refractivity (Wildman–Crippen MR) is 102 cm³/mol. The molecule has 0 aliphatic heterocycles. The van der Waals surface area contributed by atoms with Gasteiger partial charge in [-0.05, 0) is 80.6 Å². The van der Waals surface area contributed by atoms with Crippen LogP contribution in [0.1, 0.15) is 30.9 Å². The summed E-state index contributed by atoms with van der Waals surface area (Å²) in [5.41, 5.74) is 12.0. The Kier molecular flexibility index (Phi) is 5.21. The monoisotopic (exact) mass is 322 g/mol. The summed E-state index contributed by atoms with van der Waals surface area (Å²) in [6.45, 7) is 5.60. The number of rotatable bonds is 7. The van der Waals surface area contributed by atoms with E-state index in [4.69, 9.17) is 10.5 Å². The van der Waals surface area contributed by atoms with Gasteiger partial charge in [0, 0.05) is 16.6 Å². The molecule has 0 radical (unpaired) electrons. The quantitative estimate of drug-likeness (QED) is 0.612. The molecule has 1 heterocycles. The standard InChI is InChI=1S/C21H26N2O/c1-3-24-17-12-10-16(11-13-17)21-19(8-4-5-14-22)18-9-6-7-15(2)20(18)23-21/h6-7,9-13,23H,3-5,8,14,22H2,1-2H3. The third-order valence-electron chi connectivity index (χ3n) is 4.48. The number of hydrogen-bond donors (Lipinski definition) is 2. The highest BCUT2D eigenvalue weighted by Crippen LogP contribution is 2.33. The third-order valence-corrected chi connectivity index (χ3v) is 4.48. The van der Waals surface area contributed by atoms with Crippen molar-refractivity contribution in [2.24, 2.45) is 5.73 Å². The van der Waals surface area contributed by atoms with Gasteiger partial charge >= 0.3 is 0 Å². The number of hydrogen-bond acceptors (Lipinski definition) is 2. The molecule has 0 aliphatic rings. The highest BCUT2D eigenvalue weighted by molar-refractivity contribution is 5.92. The molecular formula is C21H26N2O. The van der Waals surface area contributed by atoms with Crippen LogP contribution in [0.25, 0.3) is 22.2 Å². The minimum atomic E-state index is 0.690. The molecule has 0 amide bonds. The van der Waals surface area contributed by atoms with Gasteiger partial charge in [-0.2, -0.15) is 0 Å². The topological polar surface area (TPSA) is 51.0 Å². The fourth-order valence-corrected chi connectivity index (χ4v) is 3.26. The fourth-order valence-electron chi connectivity index (χ4n) is 3.26. The zero-order valence-corrected chi connectivity index (χ0v) is 14.6. The van der Waals surface area contributed by atoms with Gasteiger partial charge in [0.25, 0.3) is 0 Å². The van der Waals surface area contributed by atoms with Gasteiger partial charge in [0.05, 0.1) is 6.61 Å². The van der Waals surface area contributed by atoms with E-state index < -0.39 is 0 Å². The van der Waals surface area contributed by atoms with Crippen LogP contribution in [0.5, 0.6) is 5.75 Å². The van der Waals surface area contributed by atoms with Crippen LogP contribution in [0, 0.1) is 6.92 Å². The molecule has 2 aromatic carbocycles. The van der Waals surface area contributed by atoms with Crippen molar-refractivity contribution in [1.29, 1.82) is 0 Å². The summed E-state index contributed by atoms with van der Waals surface area (Å²) >= 11 is 0. The van der Waals surface area contributed by atoms with E-state index in [1.54, 1.807) is 0 Å². The number of unbranched alkanes of at least 4 members (excludes halogenated alkanes) is 1. The van der Waals surface area contributed by atoms with Crippen molar-refractivity contribution in [2.75, 3.05) is 13.2 Å². The first-order valence-corrected chi connectivity index (χ1v) is 8.78. The van der Waals surface area contributed by atoms with Gasteiger partial charge in [-0.1, -0.05) is 18.2 Å². The molecule has 0 saturated heterocycles. The summed E-state index contributed by atoms with van der Waals surface area (Å²) in [7, 11) is 0. The molecule has 0 saturated carbocycles. The zero-order valence-electron chi connectivity index (χ0n) is 14.6. The van der Waals surface area contributed by atoms with Gasteiger partial charge < -0.3 is 15.5 Å². The highest BCUT2D eigenvalue weighted by Gasteiger charge is 2.14. The van der Waals surface area contributed by atoms with Crippen LogP contribution in [0.3, 0.4) is 0 Å². The summed E-state index contributed by atoms with van der Waals surface area (Å²) < 4.78 is 5.56. The molecule has 0 aliphatic carbocycles. The lowest BCUT2D eigenvalue weighted by atomic mass is 9.99. The van der Waals surface area contributed by atoms with Crippen molar-refractivity contribution in [1.82, 2.24) is 4.98 Å². The number of benzene rings is 2. The lowest BCUT2D eigenvalue weighted by Crippen LogP contribution is -1.99. The maximum Gasteiger partial charge on any atom is 0.119 e. The molecular weight excluding hydrogens is 296 g/mol. The number of para-hydroxylation sites is 1. The second-order valence-electron chi connectivity index (χ2n) is 6.18. The Hall–Kier alpha value is -2.26. The van der Waals surface area contributed by atoms with Crippen LogP contribution in [0.4, 0.5) is 0 Å². The van der Waals surface area contributed by atoms with E-state index in [0.29, 0.717) is 6.61 Å². The second-order valence-corrected chi connectivity index (χ2v) is 6.18. The molecule has 3 nitrogen and oxygen atoms in total. The van der Waals surface area contributed by atoms with Crippen LogP contribution < -0.4 is 10.5 Å². The molecule has 126 valence electrons. The number of nitrogens with two attached hydrogens (primary N) is 1. The van der Waals surface area contributed by atoms with Crippen molar-refractivity contribution in [2.45, 2.75) is 33.1 Å². The number of H-pyrrole nitrogens is 1. The average molecular weight is 322 g/mol. The molecule has 3 aromatic rings. The smallest absolute Gasteiger partial charge is 0.119 e. The van der Waals surface area contributed by atoms with Gasteiger partial charge in [0.1, 0.15) is 5.75 Å². The molecule has 0 spiro atoms. The molecule has 3 heteroatoms. The molecule has 0 unspecified atom stereocenters. The first-order chi connectivity index (χ1) is 11.7. The number of aromatic nitrogens is 1. The first kappa shape index (κ1) is 16.6. The van der Waals surface area contributed by atoms with Crippen molar-refractivity contribution in [3.63, 3.8) is 0 Å². The second kappa shape index (κ2) is 7.54. The Bertz CT molecular complexity index is 803. The Morgan fingerprint density at radius 2 is 1.83 bits per heavy atom. The zero-order chi connectivity index (χ0) is 16.9. The normalized spacial score (nSPS) is 11.1. The van der Waals surface area contributed by atoms with Crippen LogP contribution in [0.15, 0.2) is 42.5 Å². The van der Waals surface area contributed by atoms with E-state index >= 15 is 0 Å². The highest BCUT2D eigenvalue weighted by atomic mass is 16.5. The number of aryl methyl sites for hydroxylation is 2. The Balaban J connectivity index is 2.04. The van der Waals surface area contributed by atoms with Gasteiger partial charge in [0.15, 0.2) is 0 Å². The van der Waals surface area contributed by atoms with Crippen LogP contribution in [-0.2, 0) is 6.42 Å². The molecule has 1 aromatic heterocycles.